The first kappa shape index (κ1) is 11.3. The number of thioether (sulfide) groups is 1. The number of hydrogen-bond donors (Lipinski definition) is 2. The molecule has 3 N–H and O–H groups in total. The Bertz CT molecular complexity index is 293. The van der Waals surface area contributed by atoms with Crippen LogP contribution in [0.2, 0.25) is 0 Å². The molecule has 0 atom stereocenters. The fraction of sp³-hybridized carbons (Fsp3) is 0.400. The standard InChI is InChI=1S/C10H14FNOS/c11-9-7-8(12)3-4-10(9)14-6-2-1-5-13/h3-4,7,13H,1-2,5-6,12H2. The Morgan fingerprint density at radius 1 is 1.36 bits per heavy atom. The third kappa shape index (κ3) is 3.55. The number of nitrogen functional groups attached to an aromatic ring is 1. The van der Waals surface area contributed by atoms with E-state index >= 15 is 0 Å². The van der Waals surface area contributed by atoms with Crippen molar-refractivity contribution in [3.05, 3.63) is 24.0 Å². The van der Waals surface area contributed by atoms with Gasteiger partial charge in [0, 0.05) is 17.2 Å². The average Bonchev–Trinajstić information content (AvgIpc) is 2.15. The zero-order valence-corrected chi connectivity index (χ0v) is 8.69. The highest BCUT2D eigenvalue weighted by molar-refractivity contribution is 7.99. The SMILES string of the molecule is Nc1ccc(SCCCCO)c(F)c1. The van der Waals surface area contributed by atoms with Crippen molar-refractivity contribution in [3.63, 3.8) is 0 Å². The highest BCUT2D eigenvalue weighted by atomic mass is 32.2. The number of rotatable bonds is 5. The molecular formula is C10H14FNOS. The molecule has 0 aliphatic heterocycles. The molecule has 0 amide bonds. The molecule has 14 heavy (non-hydrogen) atoms. The molecule has 1 aromatic carbocycles. The smallest absolute Gasteiger partial charge is 0.138 e. The molecule has 0 aromatic heterocycles. The minimum absolute atomic E-state index is 0.199. The maximum absolute atomic E-state index is 13.2. The van der Waals surface area contributed by atoms with Crippen LogP contribution in [0.4, 0.5) is 10.1 Å². The van der Waals surface area contributed by atoms with E-state index in [2.05, 4.69) is 0 Å². The van der Waals surface area contributed by atoms with Crippen LogP contribution in [0.25, 0.3) is 0 Å². The van der Waals surface area contributed by atoms with Gasteiger partial charge in [0.1, 0.15) is 5.82 Å². The summed E-state index contributed by atoms with van der Waals surface area (Å²) in [5, 5.41) is 8.55. The van der Waals surface area contributed by atoms with Gasteiger partial charge < -0.3 is 10.8 Å². The highest BCUT2D eigenvalue weighted by Crippen LogP contribution is 2.24. The van der Waals surface area contributed by atoms with Gasteiger partial charge in [0.2, 0.25) is 0 Å². The fourth-order valence-corrected chi connectivity index (χ4v) is 1.96. The summed E-state index contributed by atoms with van der Waals surface area (Å²) < 4.78 is 13.2. The number of hydrogen-bond acceptors (Lipinski definition) is 3. The second-order valence-corrected chi connectivity index (χ2v) is 4.11. The Labute approximate surface area is 87.3 Å². The van der Waals surface area contributed by atoms with Gasteiger partial charge in [-0.1, -0.05) is 0 Å². The summed E-state index contributed by atoms with van der Waals surface area (Å²) in [5.41, 5.74) is 5.87. The number of anilines is 1. The summed E-state index contributed by atoms with van der Waals surface area (Å²) >= 11 is 1.45. The van der Waals surface area contributed by atoms with Crippen molar-refractivity contribution < 1.29 is 9.50 Å². The molecule has 1 aromatic rings. The van der Waals surface area contributed by atoms with Crippen LogP contribution >= 0.6 is 11.8 Å². The van der Waals surface area contributed by atoms with E-state index < -0.39 is 0 Å². The first-order valence-electron chi connectivity index (χ1n) is 4.52. The maximum Gasteiger partial charge on any atom is 0.138 e. The molecule has 0 heterocycles. The second kappa shape index (κ2) is 5.88. The van der Waals surface area contributed by atoms with Crippen molar-refractivity contribution in [1.29, 1.82) is 0 Å². The van der Waals surface area contributed by atoms with Crippen molar-refractivity contribution in [3.8, 4) is 0 Å². The van der Waals surface area contributed by atoms with Gasteiger partial charge in [0.05, 0.1) is 0 Å². The van der Waals surface area contributed by atoms with Gasteiger partial charge in [0.25, 0.3) is 0 Å². The molecule has 0 bridgehead atoms. The Balaban J connectivity index is 2.42. The van der Waals surface area contributed by atoms with Crippen LogP contribution in [0.3, 0.4) is 0 Å². The predicted molar refractivity (Wildman–Crippen MR) is 57.9 cm³/mol. The Morgan fingerprint density at radius 2 is 2.14 bits per heavy atom. The molecule has 0 aliphatic rings. The third-order valence-electron chi connectivity index (χ3n) is 1.77. The van der Waals surface area contributed by atoms with E-state index in [1.54, 1.807) is 12.1 Å². The van der Waals surface area contributed by atoms with E-state index in [4.69, 9.17) is 10.8 Å². The van der Waals surface area contributed by atoms with E-state index in [1.165, 1.54) is 17.8 Å². The molecule has 0 spiro atoms. The number of aliphatic hydroxyl groups excluding tert-OH is 1. The molecule has 0 saturated carbocycles. The van der Waals surface area contributed by atoms with Crippen molar-refractivity contribution in [2.75, 3.05) is 18.1 Å². The molecule has 0 fully saturated rings. The minimum Gasteiger partial charge on any atom is -0.399 e. The Hall–Kier alpha value is -0.740. The van der Waals surface area contributed by atoms with Crippen molar-refractivity contribution >= 4 is 17.4 Å². The van der Waals surface area contributed by atoms with Gasteiger partial charge in [-0.15, -0.1) is 11.8 Å². The molecule has 78 valence electrons. The summed E-state index contributed by atoms with van der Waals surface area (Å²) in [5.74, 6) is 0.556. The quantitative estimate of drug-likeness (QED) is 0.450. The molecule has 2 nitrogen and oxygen atoms in total. The first-order valence-corrected chi connectivity index (χ1v) is 5.51. The van der Waals surface area contributed by atoms with Crippen molar-refractivity contribution in [2.45, 2.75) is 17.7 Å². The highest BCUT2D eigenvalue weighted by Gasteiger charge is 2.02. The van der Waals surface area contributed by atoms with E-state index in [0.29, 0.717) is 10.6 Å². The van der Waals surface area contributed by atoms with E-state index in [9.17, 15) is 4.39 Å². The summed E-state index contributed by atoms with van der Waals surface area (Å²) in [7, 11) is 0. The normalized spacial score (nSPS) is 10.4. The largest absolute Gasteiger partial charge is 0.399 e. The lowest BCUT2D eigenvalue weighted by Gasteiger charge is -2.03. The van der Waals surface area contributed by atoms with E-state index in [-0.39, 0.29) is 12.4 Å². The molecule has 4 heteroatoms. The minimum atomic E-state index is -0.265. The molecular weight excluding hydrogens is 201 g/mol. The first-order chi connectivity index (χ1) is 6.74. The lowest BCUT2D eigenvalue weighted by Crippen LogP contribution is -1.90. The predicted octanol–water partition coefficient (Wildman–Crippen LogP) is 2.27. The van der Waals surface area contributed by atoms with Gasteiger partial charge in [0.15, 0.2) is 0 Å². The fourth-order valence-electron chi connectivity index (χ4n) is 1.03. The number of halogens is 1. The van der Waals surface area contributed by atoms with Crippen LogP contribution < -0.4 is 5.73 Å². The van der Waals surface area contributed by atoms with Crippen molar-refractivity contribution in [1.82, 2.24) is 0 Å². The monoisotopic (exact) mass is 215 g/mol. The van der Waals surface area contributed by atoms with Crippen LogP contribution in [-0.4, -0.2) is 17.5 Å². The molecule has 0 radical (unpaired) electrons. The zero-order chi connectivity index (χ0) is 10.4. The molecule has 0 unspecified atom stereocenters. The van der Waals surface area contributed by atoms with E-state index in [1.807, 2.05) is 0 Å². The number of aliphatic hydroxyl groups is 1. The lowest BCUT2D eigenvalue weighted by atomic mass is 10.3. The second-order valence-electron chi connectivity index (χ2n) is 2.97. The summed E-state index contributed by atoms with van der Waals surface area (Å²) in [6, 6.07) is 4.71. The maximum atomic E-state index is 13.2. The topological polar surface area (TPSA) is 46.2 Å². The van der Waals surface area contributed by atoms with Crippen LogP contribution in [0.15, 0.2) is 23.1 Å². The number of unbranched alkanes of at least 4 members (excludes halogenated alkanes) is 1. The Morgan fingerprint density at radius 3 is 2.79 bits per heavy atom. The van der Waals surface area contributed by atoms with Crippen molar-refractivity contribution in [2.24, 2.45) is 0 Å². The van der Waals surface area contributed by atoms with Crippen LogP contribution in [0.1, 0.15) is 12.8 Å². The van der Waals surface area contributed by atoms with E-state index in [0.717, 1.165) is 18.6 Å². The van der Waals surface area contributed by atoms with Gasteiger partial charge in [-0.25, -0.2) is 4.39 Å². The molecule has 1 rings (SSSR count). The summed E-state index contributed by atoms with van der Waals surface area (Å²) in [6.45, 7) is 0.199. The van der Waals surface area contributed by atoms with Crippen LogP contribution in [-0.2, 0) is 0 Å². The molecule has 0 saturated heterocycles. The van der Waals surface area contributed by atoms with Gasteiger partial charge in [-0.05, 0) is 36.8 Å². The number of nitrogens with two attached hydrogens (primary N) is 1. The van der Waals surface area contributed by atoms with Crippen LogP contribution in [0.5, 0.6) is 0 Å². The van der Waals surface area contributed by atoms with Gasteiger partial charge >= 0.3 is 0 Å². The molecule has 0 aliphatic carbocycles. The van der Waals surface area contributed by atoms with Crippen LogP contribution in [0, 0.1) is 5.82 Å². The average molecular weight is 215 g/mol. The summed E-state index contributed by atoms with van der Waals surface area (Å²) in [4.78, 5) is 0.622. The zero-order valence-electron chi connectivity index (χ0n) is 7.87. The Kier molecular flexibility index (Phi) is 4.76. The van der Waals surface area contributed by atoms with Gasteiger partial charge in [-0.3, -0.25) is 0 Å². The lowest BCUT2D eigenvalue weighted by molar-refractivity contribution is 0.287. The van der Waals surface area contributed by atoms with Gasteiger partial charge in [-0.2, -0.15) is 0 Å². The summed E-state index contributed by atoms with van der Waals surface area (Å²) in [6.07, 6.45) is 1.66. The number of benzene rings is 1. The third-order valence-corrected chi connectivity index (χ3v) is 2.90.